The molecular weight excluding hydrogens is 368 g/mol. The van der Waals surface area contributed by atoms with E-state index < -0.39 is 4.92 Å². The van der Waals surface area contributed by atoms with E-state index >= 15 is 0 Å². The van der Waals surface area contributed by atoms with E-state index in [-0.39, 0.29) is 11.7 Å². The van der Waals surface area contributed by atoms with Crippen LogP contribution in [-0.2, 0) is 6.54 Å². The van der Waals surface area contributed by atoms with Crippen LogP contribution in [0.25, 0.3) is 0 Å². The number of aromatic nitrogens is 2. The number of nitrogens with zero attached hydrogens (tertiary/aromatic N) is 3. The first kappa shape index (κ1) is 20.3. The molecule has 0 atom stereocenters. The fourth-order valence-electron chi connectivity index (χ4n) is 2.20. The Hall–Kier alpha value is -3.01. The first-order valence-electron chi connectivity index (χ1n) is 8.38. The summed E-state index contributed by atoms with van der Waals surface area (Å²) < 4.78 is 1.55. The second-order valence-corrected chi connectivity index (χ2v) is 6.85. The second kappa shape index (κ2) is 9.08. The van der Waals surface area contributed by atoms with E-state index in [0.29, 0.717) is 35.4 Å². The maximum Gasteiger partial charge on any atom is 0.390 e. The minimum atomic E-state index is -0.523. The van der Waals surface area contributed by atoms with Gasteiger partial charge in [0.2, 0.25) is 0 Å². The Morgan fingerprint density at radius 3 is 2.52 bits per heavy atom. The molecule has 0 aliphatic carbocycles. The molecule has 3 N–H and O–H groups in total. The lowest BCUT2D eigenvalue weighted by Gasteiger charge is -2.13. The number of hydrogen-bond donors (Lipinski definition) is 3. The highest BCUT2D eigenvalue weighted by molar-refractivity contribution is 7.80. The van der Waals surface area contributed by atoms with Gasteiger partial charge in [0.25, 0.3) is 5.91 Å². The van der Waals surface area contributed by atoms with Crippen molar-refractivity contribution >= 4 is 29.1 Å². The van der Waals surface area contributed by atoms with Gasteiger partial charge in [0.1, 0.15) is 0 Å². The number of thiocarbonyl (C=S) groups is 1. The lowest BCUT2D eigenvalue weighted by Crippen LogP contribution is -2.47. The molecule has 1 heterocycles. The van der Waals surface area contributed by atoms with Gasteiger partial charge in [-0.1, -0.05) is 26.0 Å². The number of aryl methyl sites for hydroxylation is 1. The van der Waals surface area contributed by atoms with Gasteiger partial charge in [-0.3, -0.25) is 15.6 Å². The Kier molecular flexibility index (Phi) is 6.83. The minimum Gasteiger partial charge on any atom is -0.361 e. The monoisotopic (exact) mass is 390 g/mol. The fourth-order valence-corrected chi connectivity index (χ4v) is 2.34. The largest absolute Gasteiger partial charge is 0.390 e. The minimum absolute atomic E-state index is 0.184. The molecule has 2 rings (SSSR count). The molecule has 27 heavy (non-hydrogen) atoms. The molecule has 0 spiro atoms. The van der Waals surface area contributed by atoms with Crippen LogP contribution in [-0.4, -0.2) is 32.3 Å². The Morgan fingerprint density at radius 2 is 1.96 bits per heavy atom. The van der Waals surface area contributed by atoms with E-state index in [9.17, 15) is 14.9 Å². The first-order chi connectivity index (χ1) is 12.8. The number of amides is 1. The number of hydrogen-bond acceptors (Lipinski definition) is 5. The topological polar surface area (TPSA) is 114 Å². The molecule has 0 aliphatic heterocycles. The summed E-state index contributed by atoms with van der Waals surface area (Å²) in [4.78, 5) is 22.4. The predicted molar refractivity (Wildman–Crippen MR) is 105 cm³/mol. The van der Waals surface area contributed by atoms with E-state index in [0.717, 1.165) is 5.56 Å². The molecule has 2 aromatic rings. The molecule has 1 aromatic heterocycles. The van der Waals surface area contributed by atoms with Crippen LogP contribution in [0.2, 0.25) is 0 Å². The van der Waals surface area contributed by atoms with Crippen molar-refractivity contribution in [2.24, 2.45) is 5.92 Å². The summed E-state index contributed by atoms with van der Waals surface area (Å²) in [6.45, 7) is 6.95. The second-order valence-electron chi connectivity index (χ2n) is 6.44. The molecular formula is C17H22N6O3S. The Bertz CT molecular complexity index is 832. The van der Waals surface area contributed by atoms with E-state index in [1.807, 2.05) is 0 Å². The number of carbonyl (C=O) groups excluding carboxylic acids is 1. The highest BCUT2D eigenvalue weighted by atomic mass is 32.1. The van der Waals surface area contributed by atoms with Gasteiger partial charge in [0.05, 0.1) is 23.4 Å². The van der Waals surface area contributed by atoms with Crippen LogP contribution < -0.4 is 16.2 Å². The van der Waals surface area contributed by atoms with Crippen LogP contribution in [0.5, 0.6) is 0 Å². The van der Waals surface area contributed by atoms with Crippen LogP contribution >= 0.6 is 12.2 Å². The zero-order chi connectivity index (χ0) is 20.0. The van der Waals surface area contributed by atoms with E-state index in [2.05, 4.69) is 35.1 Å². The van der Waals surface area contributed by atoms with Crippen LogP contribution in [0, 0.1) is 23.0 Å². The van der Waals surface area contributed by atoms with Crippen LogP contribution in [0.15, 0.2) is 30.3 Å². The fraction of sp³-hybridized carbons (Fsp3) is 0.353. The van der Waals surface area contributed by atoms with Crippen LogP contribution in [0.1, 0.15) is 35.5 Å². The van der Waals surface area contributed by atoms with Gasteiger partial charge in [-0.25, -0.2) is 0 Å². The summed E-state index contributed by atoms with van der Waals surface area (Å²) in [5.41, 5.74) is 7.21. The molecule has 10 heteroatoms. The predicted octanol–water partition coefficient (Wildman–Crippen LogP) is 1.91. The van der Waals surface area contributed by atoms with Crippen molar-refractivity contribution in [2.45, 2.75) is 27.3 Å². The van der Waals surface area contributed by atoms with Crippen molar-refractivity contribution in [3.63, 3.8) is 0 Å². The highest BCUT2D eigenvalue weighted by Gasteiger charge is 2.15. The van der Waals surface area contributed by atoms with Gasteiger partial charge in [-0.05, 0) is 47.7 Å². The molecule has 0 unspecified atom stereocenters. The normalized spacial score (nSPS) is 10.5. The van der Waals surface area contributed by atoms with Crippen molar-refractivity contribution in [1.29, 1.82) is 0 Å². The third-order valence-electron chi connectivity index (χ3n) is 3.66. The first-order valence-corrected chi connectivity index (χ1v) is 8.79. The van der Waals surface area contributed by atoms with Gasteiger partial charge in [0, 0.05) is 12.1 Å². The Balaban J connectivity index is 1.91. The maximum atomic E-state index is 12.1. The van der Waals surface area contributed by atoms with Crippen molar-refractivity contribution in [3.05, 3.63) is 57.3 Å². The molecule has 1 aromatic carbocycles. The highest BCUT2D eigenvalue weighted by Crippen LogP contribution is 2.13. The standard InChI is InChI=1S/C17H22N6O3S/c1-11(2)9-18-17(27)20-19-16(24)14-6-4-13(5-7-14)10-22-12(3)8-15(21-22)23(25)26/h4-8,11H,9-10H2,1-3H3,(H,19,24)(H2,18,20,27). The number of hydrazine groups is 1. The summed E-state index contributed by atoms with van der Waals surface area (Å²) in [5, 5.41) is 18.1. The average molecular weight is 390 g/mol. The molecule has 0 fully saturated rings. The smallest absolute Gasteiger partial charge is 0.361 e. The summed E-state index contributed by atoms with van der Waals surface area (Å²) in [7, 11) is 0. The van der Waals surface area contributed by atoms with E-state index in [1.165, 1.54) is 6.07 Å². The Labute approximate surface area is 162 Å². The van der Waals surface area contributed by atoms with Gasteiger partial charge < -0.3 is 15.4 Å². The molecule has 0 aliphatic rings. The zero-order valence-electron chi connectivity index (χ0n) is 15.4. The van der Waals surface area contributed by atoms with Gasteiger partial charge >= 0.3 is 5.82 Å². The average Bonchev–Trinajstić information content (AvgIpc) is 2.99. The van der Waals surface area contributed by atoms with Gasteiger partial charge in [-0.15, -0.1) is 0 Å². The molecule has 144 valence electrons. The number of nitrogens with one attached hydrogen (secondary N) is 3. The maximum absolute atomic E-state index is 12.1. The molecule has 1 amide bonds. The molecule has 9 nitrogen and oxygen atoms in total. The summed E-state index contributed by atoms with van der Waals surface area (Å²) in [6.07, 6.45) is 0. The van der Waals surface area contributed by atoms with Crippen molar-refractivity contribution in [1.82, 2.24) is 25.9 Å². The van der Waals surface area contributed by atoms with Crippen LogP contribution in [0.4, 0.5) is 5.82 Å². The lowest BCUT2D eigenvalue weighted by molar-refractivity contribution is -0.389. The zero-order valence-corrected chi connectivity index (χ0v) is 16.2. The van der Waals surface area contributed by atoms with Crippen LogP contribution in [0.3, 0.4) is 0 Å². The quantitative estimate of drug-likeness (QED) is 0.392. The number of benzene rings is 1. The number of carbonyl (C=O) groups is 1. The van der Waals surface area contributed by atoms with E-state index in [1.54, 1.807) is 35.9 Å². The molecule has 0 bridgehead atoms. The molecule has 0 saturated heterocycles. The number of rotatable bonds is 6. The Morgan fingerprint density at radius 1 is 1.30 bits per heavy atom. The van der Waals surface area contributed by atoms with Crippen molar-refractivity contribution < 1.29 is 9.72 Å². The van der Waals surface area contributed by atoms with Gasteiger partial charge in [-0.2, -0.15) is 4.68 Å². The van der Waals surface area contributed by atoms with E-state index in [4.69, 9.17) is 12.2 Å². The van der Waals surface area contributed by atoms with Gasteiger partial charge in [0.15, 0.2) is 5.11 Å². The lowest BCUT2D eigenvalue weighted by atomic mass is 10.1. The van der Waals surface area contributed by atoms with Crippen molar-refractivity contribution in [3.8, 4) is 0 Å². The third-order valence-corrected chi connectivity index (χ3v) is 3.91. The molecule has 0 radical (unpaired) electrons. The third kappa shape index (κ3) is 6.03. The summed E-state index contributed by atoms with van der Waals surface area (Å²) in [5.74, 6) is -0.0642. The number of nitro groups is 1. The molecule has 0 saturated carbocycles. The summed E-state index contributed by atoms with van der Waals surface area (Å²) in [6, 6.07) is 8.31. The van der Waals surface area contributed by atoms with Crippen molar-refractivity contribution in [2.75, 3.05) is 6.54 Å². The summed E-state index contributed by atoms with van der Waals surface area (Å²) >= 11 is 5.07. The SMILES string of the molecule is Cc1cc([N+](=O)[O-])nn1Cc1ccc(C(=O)NNC(=S)NCC(C)C)cc1.